The zero-order chi connectivity index (χ0) is 19.5. The molecule has 0 aromatic heterocycles. The number of rotatable bonds is 2. The van der Waals surface area contributed by atoms with Crippen LogP contribution in [-0.4, -0.2) is 38.0 Å². The molecule has 28 heavy (non-hydrogen) atoms. The Morgan fingerprint density at radius 1 is 0.821 bits per heavy atom. The third-order valence-corrected chi connectivity index (χ3v) is 7.45. The van der Waals surface area contributed by atoms with Gasteiger partial charge < -0.3 is 0 Å². The summed E-state index contributed by atoms with van der Waals surface area (Å²) in [6.07, 6.45) is 0. The highest BCUT2D eigenvalue weighted by Gasteiger charge is 2.54. The van der Waals surface area contributed by atoms with Gasteiger partial charge in [0.25, 0.3) is 0 Å². The minimum atomic E-state index is -3.23. The van der Waals surface area contributed by atoms with Gasteiger partial charge in [-0.05, 0) is 35.7 Å². The molecule has 5 nitrogen and oxygen atoms in total. The molecule has 0 N–H and O–H groups in total. The number of benzene rings is 3. The fraction of sp³-hybridized carbons (Fsp3) is 0.190. The van der Waals surface area contributed by atoms with Gasteiger partial charge in [0, 0.05) is 16.1 Å². The van der Waals surface area contributed by atoms with Gasteiger partial charge in [-0.3, -0.25) is 9.80 Å². The average Bonchev–Trinajstić information content (AvgIpc) is 3.11. The zero-order valence-electron chi connectivity index (χ0n) is 14.8. The minimum Gasteiger partial charge on any atom is -0.288 e. The van der Waals surface area contributed by atoms with Crippen molar-refractivity contribution in [3.8, 4) is 0 Å². The summed E-state index contributed by atoms with van der Waals surface area (Å²) < 4.78 is 24.9. The van der Waals surface area contributed by atoms with Crippen LogP contribution in [-0.2, 0) is 9.84 Å². The van der Waals surface area contributed by atoms with Gasteiger partial charge in [-0.25, -0.2) is 13.2 Å². The number of amides is 2. The van der Waals surface area contributed by atoms with Gasteiger partial charge in [-0.15, -0.1) is 0 Å². The van der Waals surface area contributed by atoms with Gasteiger partial charge >= 0.3 is 6.03 Å². The molecule has 2 heterocycles. The lowest BCUT2D eigenvalue weighted by molar-refractivity contribution is 0.255. The van der Waals surface area contributed by atoms with Crippen molar-refractivity contribution in [1.82, 2.24) is 0 Å². The van der Waals surface area contributed by atoms with Gasteiger partial charge in [-0.1, -0.05) is 48.0 Å². The molecule has 0 spiro atoms. The van der Waals surface area contributed by atoms with Crippen molar-refractivity contribution in [1.29, 1.82) is 0 Å². The van der Waals surface area contributed by atoms with Crippen LogP contribution in [0.15, 0.2) is 66.7 Å². The van der Waals surface area contributed by atoms with Crippen molar-refractivity contribution in [2.75, 3.05) is 21.3 Å². The van der Waals surface area contributed by atoms with Crippen LogP contribution >= 0.6 is 11.6 Å². The van der Waals surface area contributed by atoms with E-state index in [0.29, 0.717) is 10.7 Å². The Morgan fingerprint density at radius 3 is 2.21 bits per heavy atom. The molecule has 2 aliphatic rings. The Kier molecular flexibility index (Phi) is 3.89. The quantitative estimate of drug-likeness (QED) is 0.595. The molecule has 0 aliphatic carbocycles. The maximum absolute atomic E-state index is 13.5. The molecule has 5 rings (SSSR count). The van der Waals surface area contributed by atoms with E-state index < -0.39 is 21.9 Å². The first-order valence-electron chi connectivity index (χ1n) is 9.01. The van der Waals surface area contributed by atoms with Crippen LogP contribution < -0.4 is 9.80 Å². The molecular weight excluding hydrogens is 396 g/mol. The van der Waals surface area contributed by atoms with Crippen molar-refractivity contribution in [2.45, 2.75) is 12.1 Å². The van der Waals surface area contributed by atoms with Crippen molar-refractivity contribution < 1.29 is 13.2 Å². The van der Waals surface area contributed by atoms with Crippen LogP contribution in [0, 0.1) is 0 Å². The van der Waals surface area contributed by atoms with Gasteiger partial charge in [-0.2, -0.15) is 0 Å². The number of sulfone groups is 1. The third kappa shape index (κ3) is 2.67. The lowest BCUT2D eigenvalue weighted by Gasteiger charge is -2.24. The van der Waals surface area contributed by atoms with E-state index >= 15 is 0 Å². The van der Waals surface area contributed by atoms with E-state index in [1.165, 1.54) is 0 Å². The second-order valence-electron chi connectivity index (χ2n) is 7.21. The standard InChI is InChI=1S/C21H17ClN2O3S/c22-15-8-10-16(11-9-15)23-19-12-28(26,27)13-20(19)24(21(23)25)18-7-3-5-14-4-1-2-6-17(14)18/h1-11,19-20H,12-13H2/t19-,20+/m1/s1. The predicted octanol–water partition coefficient (Wildman–Crippen LogP) is 4.11. The van der Waals surface area contributed by atoms with Crippen LogP contribution in [0.1, 0.15) is 0 Å². The summed E-state index contributed by atoms with van der Waals surface area (Å²) in [5.41, 5.74) is 1.40. The summed E-state index contributed by atoms with van der Waals surface area (Å²) in [6.45, 7) is 0. The second-order valence-corrected chi connectivity index (χ2v) is 9.80. The molecule has 0 saturated carbocycles. The van der Waals surface area contributed by atoms with Crippen LogP contribution in [0.3, 0.4) is 0 Å². The number of hydrogen-bond acceptors (Lipinski definition) is 3. The van der Waals surface area contributed by atoms with E-state index in [1.54, 1.807) is 34.1 Å². The molecule has 2 fully saturated rings. The topological polar surface area (TPSA) is 57.7 Å². The SMILES string of the molecule is O=C1N(c2ccc(Cl)cc2)[C@@H]2CS(=O)(=O)C[C@@H]2N1c1cccc2ccccc12. The molecule has 7 heteroatoms. The zero-order valence-corrected chi connectivity index (χ0v) is 16.4. The third-order valence-electron chi connectivity index (χ3n) is 5.50. The molecule has 2 aliphatic heterocycles. The summed E-state index contributed by atoms with van der Waals surface area (Å²) in [4.78, 5) is 16.7. The Morgan fingerprint density at radius 2 is 1.46 bits per heavy atom. The average molecular weight is 413 g/mol. The van der Waals surface area contributed by atoms with Gasteiger partial charge in [0.2, 0.25) is 0 Å². The first-order valence-corrected chi connectivity index (χ1v) is 11.2. The minimum absolute atomic E-state index is 0.0310. The molecule has 0 unspecified atom stereocenters. The Balaban J connectivity index is 1.67. The maximum Gasteiger partial charge on any atom is 0.329 e. The van der Waals surface area contributed by atoms with Crippen molar-refractivity contribution in [3.63, 3.8) is 0 Å². The molecule has 2 amide bonds. The van der Waals surface area contributed by atoms with Crippen molar-refractivity contribution in [2.24, 2.45) is 0 Å². The van der Waals surface area contributed by atoms with E-state index in [4.69, 9.17) is 11.6 Å². The number of fused-ring (bicyclic) bond motifs is 2. The summed E-state index contributed by atoms with van der Waals surface area (Å²) in [7, 11) is -3.23. The number of carbonyl (C=O) groups excluding carboxylic acids is 1. The molecule has 3 aromatic rings. The van der Waals surface area contributed by atoms with Gasteiger partial charge in [0.05, 0.1) is 29.3 Å². The Bertz CT molecular complexity index is 1190. The van der Waals surface area contributed by atoms with Gasteiger partial charge in [0.15, 0.2) is 9.84 Å². The molecule has 142 valence electrons. The van der Waals surface area contributed by atoms with Crippen molar-refractivity contribution in [3.05, 3.63) is 71.8 Å². The Labute approximate surface area is 168 Å². The monoisotopic (exact) mass is 412 g/mol. The molecular formula is C21H17ClN2O3S. The smallest absolute Gasteiger partial charge is 0.288 e. The van der Waals surface area contributed by atoms with Gasteiger partial charge in [0.1, 0.15) is 0 Å². The van der Waals surface area contributed by atoms with Crippen LogP contribution in [0.4, 0.5) is 16.2 Å². The highest BCUT2D eigenvalue weighted by molar-refractivity contribution is 7.91. The van der Waals surface area contributed by atoms with Crippen LogP contribution in [0.5, 0.6) is 0 Å². The molecule has 3 aromatic carbocycles. The van der Waals surface area contributed by atoms with E-state index in [0.717, 1.165) is 16.5 Å². The summed E-state index contributed by atoms with van der Waals surface area (Å²) >= 11 is 5.99. The fourth-order valence-corrected chi connectivity index (χ4v) is 6.35. The van der Waals surface area contributed by atoms with E-state index in [2.05, 4.69) is 0 Å². The fourth-order valence-electron chi connectivity index (χ4n) is 4.31. The predicted molar refractivity (Wildman–Crippen MR) is 112 cm³/mol. The molecule has 0 bridgehead atoms. The lowest BCUT2D eigenvalue weighted by atomic mass is 10.1. The largest absolute Gasteiger partial charge is 0.329 e. The first kappa shape index (κ1) is 17.5. The number of carbonyl (C=O) groups is 1. The summed E-state index contributed by atoms with van der Waals surface area (Å²) in [5.74, 6) is -0.0655. The van der Waals surface area contributed by atoms with Crippen LogP contribution in [0.25, 0.3) is 10.8 Å². The Hall–Kier alpha value is -2.57. The number of halogens is 1. The van der Waals surface area contributed by atoms with E-state index in [1.807, 2.05) is 42.5 Å². The molecule has 0 radical (unpaired) electrons. The number of hydrogen-bond donors (Lipinski definition) is 0. The summed E-state index contributed by atoms with van der Waals surface area (Å²) in [6, 6.07) is 19.5. The highest BCUT2D eigenvalue weighted by Crippen LogP contribution is 2.40. The first-order chi connectivity index (χ1) is 13.4. The second kappa shape index (κ2) is 6.22. The highest BCUT2D eigenvalue weighted by atomic mass is 35.5. The van der Waals surface area contributed by atoms with Crippen molar-refractivity contribution >= 4 is 49.6 Å². The number of urea groups is 1. The normalized spacial score (nSPS) is 23.4. The summed E-state index contributed by atoms with van der Waals surface area (Å²) in [5, 5.41) is 2.51. The van der Waals surface area contributed by atoms with Crippen LogP contribution in [0.2, 0.25) is 5.02 Å². The number of anilines is 2. The molecule has 2 atom stereocenters. The lowest BCUT2D eigenvalue weighted by Crippen LogP contribution is -2.38. The number of nitrogens with zero attached hydrogens (tertiary/aromatic N) is 2. The maximum atomic E-state index is 13.5. The molecule has 2 saturated heterocycles. The van der Waals surface area contributed by atoms with E-state index in [9.17, 15) is 13.2 Å². The van der Waals surface area contributed by atoms with E-state index in [-0.39, 0.29) is 17.5 Å².